The van der Waals surface area contributed by atoms with E-state index in [9.17, 15) is 5.11 Å². The lowest BCUT2D eigenvalue weighted by molar-refractivity contribution is 0.475. The Morgan fingerprint density at radius 3 is 2.57 bits per heavy atom. The van der Waals surface area contributed by atoms with Crippen LogP contribution in [0.1, 0.15) is 25.3 Å². The minimum Gasteiger partial charge on any atom is -0.508 e. The predicted octanol–water partition coefficient (Wildman–Crippen LogP) is 4.52. The molecule has 108 valence electrons. The lowest BCUT2D eigenvalue weighted by Crippen LogP contribution is -2.00. The van der Waals surface area contributed by atoms with Crippen molar-refractivity contribution in [2.75, 3.05) is 0 Å². The molecule has 3 nitrogen and oxygen atoms in total. The van der Waals surface area contributed by atoms with Gasteiger partial charge in [-0.15, -0.1) is 0 Å². The monoisotopic (exact) mass is 280 g/mol. The maximum Gasteiger partial charge on any atom is 0.141 e. The van der Waals surface area contributed by atoms with E-state index in [0.29, 0.717) is 0 Å². The van der Waals surface area contributed by atoms with Gasteiger partial charge in [0.25, 0.3) is 0 Å². The van der Waals surface area contributed by atoms with E-state index in [1.54, 1.807) is 12.1 Å². The summed E-state index contributed by atoms with van der Waals surface area (Å²) in [5.74, 6) is 1.26. The second-order valence-corrected chi connectivity index (χ2v) is 5.48. The van der Waals surface area contributed by atoms with E-state index in [-0.39, 0.29) is 5.75 Å². The normalized spacial score (nSPS) is 11.1. The van der Waals surface area contributed by atoms with E-state index in [2.05, 4.69) is 42.7 Å². The molecule has 0 radical (unpaired) electrons. The number of benzene rings is 2. The summed E-state index contributed by atoms with van der Waals surface area (Å²) < 4.78 is 2.21. The molecule has 21 heavy (non-hydrogen) atoms. The van der Waals surface area contributed by atoms with Gasteiger partial charge in [-0.3, -0.25) is 0 Å². The van der Waals surface area contributed by atoms with Crippen LogP contribution in [0.25, 0.3) is 22.4 Å². The molecule has 0 atom stereocenters. The predicted molar refractivity (Wildman–Crippen MR) is 86.5 cm³/mol. The molecule has 1 heterocycles. The van der Waals surface area contributed by atoms with Gasteiger partial charge in [0.05, 0.1) is 11.0 Å². The number of hydrogen-bond acceptors (Lipinski definition) is 2. The van der Waals surface area contributed by atoms with Crippen LogP contribution in [-0.4, -0.2) is 14.7 Å². The third-order valence-electron chi connectivity index (χ3n) is 3.78. The molecular weight excluding hydrogens is 260 g/mol. The minimum atomic E-state index is 0.288. The van der Waals surface area contributed by atoms with E-state index in [4.69, 9.17) is 4.98 Å². The summed E-state index contributed by atoms with van der Waals surface area (Å²) in [4.78, 5) is 4.76. The number of hydrogen-bond donors (Lipinski definition) is 1. The molecule has 0 saturated heterocycles. The Labute approximate surface area is 124 Å². The Morgan fingerprint density at radius 2 is 1.86 bits per heavy atom. The zero-order valence-electron chi connectivity index (χ0n) is 12.5. The van der Waals surface area contributed by atoms with E-state index < -0.39 is 0 Å². The lowest BCUT2D eigenvalue weighted by Gasteiger charge is -2.09. The van der Waals surface area contributed by atoms with Crippen LogP contribution < -0.4 is 0 Å². The highest BCUT2D eigenvalue weighted by atomic mass is 16.3. The number of fused-ring (bicyclic) bond motifs is 1. The first-order valence-electron chi connectivity index (χ1n) is 7.45. The molecule has 0 unspecified atom stereocenters. The Hall–Kier alpha value is -2.29. The highest BCUT2D eigenvalue weighted by Gasteiger charge is 2.12. The van der Waals surface area contributed by atoms with Gasteiger partial charge >= 0.3 is 0 Å². The van der Waals surface area contributed by atoms with Crippen molar-refractivity contribution in [1.82, 2.24) is 9.55 Å². The van der Waals surface area contributed by atoms with Crippen LogP contribution >= 0.6 is 0 Å². The maximum atomic E-state index is 9.76. The van der Waals surface area contributed by atoms with Gasteiger partial charge in [0.1, 0.15) is 11.6 Å². The molecule has 0 aliphatic carbocycles. The Balaban J connectivity index is 2.18. The number of nitrogens with zero attached hydrogens (tertiary/aromatic N) is 2. The number of aromatic hydroxyl groups is 1. The molecule has 0 spiro atoms. The van der Waals surface area contributed by atoms with Crippen molar-refractivity contribution in [3.8, 4) is 17.1 Å². The third-order valence-corrected chi connectivity index (χ3v) is 3.78. The second-order valence-electron chi connectivity index (χ2n) is 5.48. The van der Waals surface area contributed by atoms with Crippen LogP contribution in [0.4, 0.5) is 0 Å². The molecule has 0 fully saturated rings. The first-order chi connectivity index (χ1) is 10.2. The van der Waals surface area contributed by atoms with E-state index in [1.165, 1.54) is 5.56 Å². The van der Waals surface area contributed by atoms with Gasteiger partial charge in [-0.25, -0.2) is 4.98 Å². The third kappa shape index (κ3) is 2.64. The van der Waals surface area contributed by atoms with Gasteiger partial charge in [-0.2, -0.15) is 0 Å². The highest BCUT2D eigenvalue weighted by molar-refractivity contribution is 5.82. The van der Waals surface area contributed by atoms with Crippen LogP contribution in [0.15, 0.2) is 42.5 Å². The van der Waals surface area contributed by atoms with Crippen LogP contribution in [0.5, 0.6) is 5.75 Å². The van der Waals surface area contributed by atoms with Crippen LogP contribution in [0, 0.1) is 6.92 Å². The highest BCUT2D eigenvalue weighted by Crippen LogP contribution is 2.28. The molecule has 0 bridgehead atoms. The summed E-state index contributed by atoms with van der Waals surface area (Å²) >= 11 is 0. The van der Waals surface area contributed by atoms with Gasteiger partial charge in [0.2, 0.25) is 0 Å². The molecule has 2 aromatic carbocycles. The first kappa shape index (κ1) is 13.7. The van der Waals surface area contributed by atoms with E-state index in [0.717, 1.165) is 41.8 Å². The molecule has 0 amide bonds. The van der Waals surface area contributed by atoms with Crippen LogP contribution in [0.2, 0.25) is 0 Å². The summed E-state index contributed by atoms with van der Waals surface area (Å²) in [5.41, 5.74) is 4.29. The molecular formula is C18H20N2O. The molecule has 3 heteroatoms. The number of phenols is 1. The maximum absolute atomic E-state index is 9.76. The molecule has 3 aromatic rings. The van der Waals surface area contributed by atoms with Gasteiger partial charge in [0, 0.05) is 18.2 Å². The Kier molecular flexibility index (Phi) is 3.65. The van der Waals surface area contributed by atoms with Crippen molar-refractivity contribution in [3.63, 3.8) is 0 Å². The number of rotatable bonds is 4. The van der Waals surface area contributed by atoms with Gasteiger partial charge in [-0.1, -0.05) is 43.2 Å². The molecule has 3 rings (SSSR count). The smallest absolute Gasteiger partial charge is 0.141 e. The fraction of sp³-hybridized carbons (Fsp3) is 0.278. The van der Waals surface area contributed by atoms with Crippen molar-refractivity contribution in [1.29, 1.82) is 0 Å². The number of aryl methyl sites for hydroxylation is 2. The lowest BCUT2D eigenvalue weighted by atomic mass is 10.1. The van der Waals surface area contributed by atoms with E-state index >= 15 is 0 Å². The average molecular weight is 280 g/mol. The molecule has 0 saturated carbocycles. The Bertz CT molecular complexity index is 757. The quantitative estimate of drug-likeness (QED) is 0.763. The zero-order chi connectivity index (χ0) is 14.8. The fourth-order valence-corrected chi connectivity index (χ4v) is 2.58. The number of aromatic nitrogens is 2. The van der Waals surface area contributed by atoms with E-state index in [1.807, 2.05) is 6.07 Å². The minimum absolute atomic E-state index is 0.288. The largest absolute Gasteiger partial charge is 0.508 e. The standard InChI is InChI=1S/C18H20N2O/c1-3-4-11-20-17-12-15(21)9-10-16(17)19-18(20)14-7-5-13(2)6-8-14/h5-10,12,21H,3-4,11H2,1-2H3. The summed E-state index contributed by atoms with van der Waals surface area (Å²) in [7, 11) is 0. The van der Waals surface area contributed by atoms with Crippen molar-refractivity contribution in [3.05, 3.63) is 48.0 Å². The molecule has 0 aliphatic heterocycles. The van der Waals surface area contributed by atoms with Crippen molar-refractivity contribution < 1.29 is 5.11 Å². The molecule has 0 aliphatic rings. The number of phenolic OH excluding ortho intramolecular Hbond substituents is 1. The average Bonchev–Trinajstić information content (AvgIpc) is 2.83. The topological polar surface area (TPSA) is 38.0 Å². The van der Waals surface area contributed by atoms with Crippen LogP contribution in [0.3, 0.4) is 0 Å². The van der Waals surface area contributed by atoms with Gasteiger partial charge < -0.3 is 9.67 Å². The summed E-state index contributed by atoms with van der Waals surface area (Å²) in [6, 6.07) is 13.8. The number of unbranched alkanes of at least 4 members (excludes halogenated alkanes) is 1. The molecule has 1 aromatic heterocycles. The summed E-state index contributed by atoms with van der Waals surface area (Å²) in [5, 5.41) is 9.76. The molecule has 1 N–H and O–H groups in total. The second kappa shape index (κ2) is 5.60. The summed E-state index contributed by atoms with van der Waals surface area (Å²) in [6.07, 6.45) is 2.23. The van der Waals surface area contributed by atoms with Crippen LogP contribution in [-0.2, 0) is 6.54 Å². The summed E-state index contributed by atoms with van der Waals surface area (Å²) in [6.45, 7) is 5.18. The van der Waals surface area contributed by atoms with Gasteiger partial charge in [0.15, 0.2) is 0 Å². The zero-order valence-corrected chi connectivity index (χ0v) is 12.5. The first-order valence-corrected chi connectivity index (χ1v) is 7.45. The van der Waals surface area contributed by atoms with Crippen molar-refractivity contribution in [2.24, 2.45) is 0 Å². The number of imidazole rings is 1. The van der Waals surface area contributed by atoms with Gasteiger partial charge in [-0.05, 0) is 25.5 Å². The van der Waals surface area contributed by atoms with Crippen molar-refractivity contribution in [2.45, 2.75) is 33.2 Å². The fourth-order valence-electron chi connectivity index (χ4n) is 2.58. The Morgan fingerprint density at radius 1 is 1.10 bits per heavy atom. The van der Waals surface area contributed by atoms with Crippen molar-refractivity contribution >= 4 is 11.0 Å². The SMILES string of the molecule is CCCCn1c(-c2ccc(C)cc2)nc2ccc(O)cc21.